The number of rotatable bonds is 6. The molecule has 1 aromatic rings. The number of anilines is 1. The van der Waals surface area contributed by atoms with Crippen LogP contribution < -0.4 is 10.6 Å². The lowest BCUT2D eigenvalue weighted by Gasteiger charge is -2.33. The van der Waals surface area contributed by atoms with Crippen molar-refractivity contribution in [3.05, 3.63) is 5.89 Å². The van der Waals surface area contributed by atoms with Crippen LogP contribution in [-0.4, -0.2) is 53.2 Å². The van der Waals surface area contributed by atoms with E-state index in [1.165, 1.54) is 0 Å². The first-order chi connectivity index (χ1) is 10.3. The van der Waals surface area contributed by atoms with Gasteiger partial charge in [-0.1, -0.05) is 12.0 Å². The fourth-order valence-corrected chi connectivity index (χ4v) is 2.79. The van der Waals surface area contributed by atoms with E-state index < -0.39 is 0 Å². The quantitative estimate of drug-likeness (QED) is 0.813. The van der Waals surface area contributed by atoms with Crippen LogP contribution >= 0.6 is 0 Å². The molecule has 2 heterocycles. The minimum absolute atomic E-state index is 0.0821. The third kappa shape index (κ3) is 3.79. The van der Waals surface area contributed by atoms with E-state index in [1.807, 2.05) is 0 Å². The summed E-state index contributed by atoms with van der Waals surface area (Å²) in [6.07, 6.45) is 4.39. The van der Waals surface area contributed by atoms with Gasteiger partial charge in [0.05, 0.1) is 6.54 Å². The lowest BCUT2D eigenvalue weighted by Crippen LogP contribution is -2.46. The Balaban J connectivity index is 1.51. The molecule has 0 unspecified atom stereocenters. The lowest BCUT2D eigenvalue weighted by atomic mass is 10.0. The highest BCUT2D eigenvalue weighted by atomic mass is 16.4. The predicted molar refractivity (Wildman–Crippen MR) is 78.0 cm³/mol. The molecule has 0 aromatic carbocycles. The summed E-state index contributed by atoms with van der Waals surface area (Å²) in [5, 5.41) is 13.9. The molecular formula is C14H23N5O2. The number of nitrogens with zero attached hydrogens (tertiary/aromatic N) is 3. The maximum Gasteiger partial charge on any atom is 0.322 e. The van der Waals surface area contributed by atoms with Crippen molar-refractivity contribution in [1.82, 2.24) is 20.4 Å². The number of likely N-dealkylation sites (N-methyl/N-ethyl adjacent to an activating group) is 1. The Hall–Kier alpha value is -1.47. The zero-order valence-electron chi connectivity index (χ0n) is 12.5. The molecule has 0 spiro atoms. The van der Waals surface area contributed by atoms with E-state index in [0.29, 0.717) is 24.4 Å². The molecule has 1 saturated carbocycles. The molecule has 2 aliphatic rings. The number of hydrogen-bond acceptors (Lipinski definition) is 6. The van der Waals surface area contributed by atoms with E-state index in [4.69, 9.17) is 4.42 Å². The van der Waals surface area contributed by atoms with Crippen molar-refractivity contribution in [1.29, 1.82) is 0 Å². The minimum atomic E-state index is -0.0821. The fourth-order valence-electron chi connectivity index (χ4n) is 2.79. The van der Waals surface area contributed by atoms with E-state index in [-0.39, 0.29) is 11.9 Å². The molecule has 7 nitrogen and oxygen atoms in total. The van der Waals surface area contributed by atoms with Crippen LogP contribution in [0, 0.1) is 0 Å². The Bertz CT molecular complexity index is 479. The molecule has 7 heteroatoms. The van der Waals surface area contributed by atoms with Gasteiger partial charge in [0.15, 0.2) is 0 Å². The van der Waals surface area contributed by atoms with E-state index >= 15 is 0 Å². The smallest absolute Gasteiger partial charge is 0.322 e. The second kappa shape index (κ2) is 6.53. The van der Waals surface area contributed by atoms with Crippen molar-refractivity contribution in [2.75, 3.05) is 31.5 Å². The molecule has 0 bridgehead atoms. The van der Waals surface area contributed by atoms with Gasteiger partial charge in [0, 0.05) is 12.0 Å². The number of hydrogen-bond donors (Lipinski definition) is 2. The topological polar surface area (TPSA) is 83.3 Å². The number of piperidine rings is 1. The zero-order valence-corrected chi connectivity index (χ0v) is 12.5. The summed E-state index contributed by atoms with van der Waals surface area (Å²) in [4.78, 5) is 14.3. The first kappa shape index (κ1) is 14.5. The summed E-state index contributed by atoms with van der Waals surface area (Å²) in [6, 6.07) is 0.704. The first-order valence-electron chi connectivity index (χ1n) is 7.84. The summed E-state index contributed by atoms with van der Waals surface area (Å²) < 4.78 is 5.46. The van der Waals surface area contributed by atoms with Crippen LogP contribution in [0.2, 0.25) is 0 Å². The standard InChI is InChI=1S/C14H23N5O2/c1-2-19(11-5-7-15-8-6-11)9-12(20)16-14-18-17-13(21-14)10-3-4-10/h10-11,15H,2-9H2,1H3,(H,16,18,20). The van der Waals surface area contributed by atoms with Crippen LogP contribution in [0.1, 0.15) is 44.4 Å². The van der Waals surface area contributed by atoms with Gasteiger partial charge in [-0.15, -0.1) is 5.10 Å². The highest BCUT2D eigenvalue weighted by molar-refractivity contribution is 5.90. The van der Waals surface area contributed by atoms with Gasteiger partial charge in [-0.05, 0) is 45.3 Å². The van der Waals surface area contributed by atoms with Crippen LogP contribution in [0.5, 0.6) is 0 Å². The third-order valence-electron chi connectivity index (χ3n) is 4.19. The van der Waals surface area contributed by atoms with E-state index in [9.17, 15) is 4.79 Å². The largest absolute Gasteiger partial charge is 0.408 e. The molecule has 1 aliphatic carbocycles. The van der Waals surface area contributed by atoms with Crippen molar-refractivity contribution in [3.63, 3.8) is 0 Å². The molecule has 2 N–H and O–H groups in total. The molecule has 116 valence electrons. The number of nitrogens with one attached hydrogen (secondary N) is 2. The molecule has 3 rings (SSSR count). The lowest BCUT2D eigenvalue weighted by molar-refractivity contribution is -0.118. The average Bonchev–Trinajstić information content (AvgIpc) is 3.26. The minimum Gasteiger partial charge on any atom is -0.408 e. The maximum absolute atomic E-state index is 12.1. The van der Waals surface area contributed by atoms with Crippen LogP contribution in [0.4, 0.5) is 6.01 Å². The van der Waals surface area contributed by atoms with E-state index in [0.717, 1.165) is 45.3 Å². The zero-order chi connectivity index (χ0) is 14.7. The third-order valence-corrected chi connectivity index (χ3v) is 4.19. The average molecular weight is 293 g/mol. The van der Waals surface area contributed by atoms with Crippen molar-refractivity contribution < 1.29 is 9.21 Å². The Labute approximate surface area is 124 Å². The number of carbonyl (C=O) groups is 1. The summed E-state index contributed by atoms with van der Waals surface area (Å²) in [6.45, 7) is 5.39. The van der Waals surface area contributed by atoms with Gasteiger partial charge >= 0.3 is 6.01 Å². The van der Waals surface area contributed by atoms with Crippen molar-refractivity contribution in [2.24, 2.45) is 0 Å². The van der Waals surface area contributed by atoms with Crippen LogP contribution in [0.25, 0.3) is 0 Å². The van der Waals surface area contributed by atoms with Crippen molar-refractivity contribution >= 4 is 11.9 Å². The Morgan fingerprint density at radius 1 is 1.33 bits per heavy atom. The Morgan fingerprint density at radius 3 is 2.76 bits per heavy atom. The van der Waals surface area contributed by atoms with E-state index in [1.54, 1.807) is 0 Å². The summed E-state index contributed by atoms with van der Waals surface area (Å²) in [5.74, 6) is 0.974. The van der Waals surface area contributed by atoms with Crippen LogP contribution in [0.3, 0.4) is 0 Å². The Morgan fingerprint density at radius 2 is 2.10 bits per heavy atom. The normalized spacial score (nSPS) is 19.9. The molecule has 0 atom stereocenters. The van der Waals surface area contributed by atoms with Gasteiger partial charge in [0.1, 0.15) is 0 Å². The molecular weight excluding hydrogens is 270 g/mol. The summed E-state index contributed by atoms with van der Waals surface area (Å²) in [7, 11) is 0. The highest BCUT2D eigenvalue weighted by Gasteiger charge is 2.29. The number of aromatic nitrogens is 2. The van der Waals surface area contributed by atoms with Gasteiger partial charge < -0.3 is 9.73 Å². The monoisotopic (exact) mass is 293 g/mol. The molecule has 2 fully saturated rings. The van der Waals surface area contributed by atoms with Crippen molar-refractivity contribution in [2.45, 2.75) is 44.6 Å². The van der Waals surface area contributed by atoms with E-state index in [2.05, 4.69) is 32.7 Å². The van der Waals surface area contributed by atoms with Gasteiger partial charge in [-0.2, -0.15) is 0 Å². The van der Waals surface area contributed by atoms with Gasteiger partial charge in [-0.3, -0.25) is 15.0 Å². The van der Waals surface area contributed by atoms with Gasteiger partial charge in [0.2, 0.25) is 11.8 Å². The van der Waals surface area contributed by atoms with Crippen LogP contribution in [-0.2, 0) is 4.79 Å². The molecule has 1 aromatic heterocycles. The first-order valence-corrected chi connectivity index (χ1v) is 7.84. The molecule has 1 amide bonds. The van der Waals surface area contributed by atoms with Crippen LogP contribution in [0.15, 0.2) is 4.42 Å². The highest BCUT2D eigenvalue weighted by Crippen LogP contribution is 2.39. The van der Waals surface area contributed by atoms with Gasteiger partial charge in [-0.25, -0.2) is 0 Å². The summed E-state index contributed by atoms with van der Waals surface area (Å²) in [5.41, 5.74) is 0. The summed E-state index contributed by atoms with van der Waals surface area (Å²) >= 11 is 0. The SMILES string of the molecule is CCN(CC(=O)Nc1nnc(C2CC2)o1)C1CCNCC1. The second-order valence-electron chi connectivity index (χ2n) is 5.81. The predicted octanol–water partition coefficient (Wildman–Crippen LogP) is 0.959. The second-order valence-corrected chi connectivity index (χ2v) is 5.81. The molecule has 0 radical (unpaired) electrons. The van der Waals surface area contributed by atoms with Gasteiger partial charge in [0.25, 0.3) is 0 Å². The molecule has 1 aliphatic heterocycles. The maximum atomic E-state index is 12.1. The fraction of sp³-hybridized carbons (Fsp3) is 0.786. The number of amides is 1. The number of carbonyl (C=O) groups excluding carboxylic acids is 1. The Kier molecular flexibility index (Phi) is 4.50. The molecule has 21 heavy (non-hydrogen) atoms. The molecule has 1 saturated heterocycles. The van der Waals surface area contributed by atoms with Crippen molar-refractivity contribution in [3.8, 4) is 0 Å².